The van der Waals surface area contributed by atoms with Crippen LogP contribution < -0.4 is 4.90 Å². The zero-order valence-electron chi connectivity index (χ0n) is 18.6. The second-order valence-electron chi connectivity index (χ2n) is 9.89. The van der Waals surface area contributed by atoms with E-state index in [4.69, 9.17) is 14.2 Å². The van der Waals surface area contributed by atoms with E-state index in [1.165, 1.54) is 19.6 Å². The number of ether oxygens (including phenoxy) is 3. The van der Waals surface area contributed by atoms with Crippen LogP contribution in [0.1, 0.15) is 38.7 Å². The zero-order chi connectivity index (χ0) is 21.8. The van der Waals surface area contributed by atoms with Gasteiger partial charge in [-0.05, 0) is 37.4 Å². The van der Waals surface area contributed by atoms with E-state index in [0.29, 0.717) is 0 Å². The van der Waals surface area contributed by atoms with Gasteiger partial charge in [0.1, 0.15) is 0 Å². The number of benzene rings is 1. The SMILES string of the molecule is CC[C@@]12C3CCN4CC[C@@]5(c6ccccc6N(C)[C@H]5[C@@](C(=O)OC)(O3)[C@H]1OC(C)=O)[C@@H]42. The molecule has 166 valence electrons. The van der Waals surface area contributed by atoms with Crippen LogP contribution in [0.15, 0.2) is 24.3 Å². The van der Waals surface area contributed by atoms with Crippen molar-refractivity contribution in [3.63, 3.8) is 0 Å². The quantitative estimate of drug-likeness (QED) is 0.684. The highest BCUT2D eigenvalue weighted by atomic mass is 16.6. The van der Waals surface area contributed by atoms with Gasteiger partial charge in [0.25, 0.3) is 0 Å². The van der Waals surface area contributed by atoms with Gasteiger partial charge in [0, 0.05) is 37.7 Å². The third kappa shape index (κ3) is 1.87. The molecule has 6 rings (SSSR count). The number of fused-ring (bicyclic) bond motifs is 3. The van der Waals surface area contributed by atoms with Crippen molar-refractivity contribution < 1.29 is 23.8 Å². The minimum absolute atomic E-state index is 0.143. The topological polar surface area (TPSA) is 68.3 Å². The fourth-order valence-electron chi connectivity index (χ4n) is 8.53. The maximum Gasteiger partial charge on any atom is 0.344 e. The highest BCUT2D eigenvalue weighted by molar-refractivity contribution is 5.87. The number of hydrogen-bond acceptors (Lipinski definition) is 7. The molecular weight excluding hydrogens is 396 g/mol. The lowest BCUT2D eigenvalue weighted by molar-refractivity contribution is -0.199. The minimum Gasteiger partial charge on any atom is -0.467 e. The van der Waals surface area contributed by atoms with Gasteiger partial charge in [0.2, 0.25) is 5.60 Å². The van der Waals surface area contributed by atoms with Gasteiger partial charge in [-0.3, -0.25) is 9.69 Å². The Morgan fingerprint density at radius 3 is 2.71 bits per heavy atom. The fraction of sp³-hybridized carbons (Fsp3) is 0.667. The molecule has 1 aromatic carbocycles. The molecule has 31 heavy (non-hydrogen) atoms. The minimum atomic E-state index is -1.36. The Kier molecular flexibility index (Phi) is 3.79. The fourth-order valence-corrected chi connectivity index (χ4v) is 8.53. The van der Waals surface area contributed by atoms with Gasteiger partial charge >= 0.3 is 11.9 Å². The summed E-state index contributed by atoms with van der Waals surface area (Å²) in [4.78, 5) is 30.9. The number of para-hydroxylation sites is 1. The second kappa shape index (κ2) is 6.01. The second-order valence-corrected chi connectivity index (χ2v) is 9.89. The van der Waals surface area contributed by atoms with Crippen molar-refractivity contribution in [3.8, 4) is 0 Å². The number of hydrogen-bond donors (Lipinski definition) is 0. The van der Waals surface area contributed by atoms with Crippen molar-refractivity contribution in [1.82, 2.24) is 4.90 Å². The van der Waals surface area contributed by atoms with Crippen LogP contribution in [0.4, 0.5) is 5.69 Å². The summed E-state index contributed by atoms with van der Waals surface area (Å²) in [5.74, 6) is -0.807. The summed E-state index contributed by atoms with van der Waals surface area (Å²) < 4.78 is 18.4. The first-order chi connectivity index (χ1) is 14.9. The standard InChI is InChI=1S/C24H30N2O5/c1-5-22-17-10-12-26-13-11-23(18(22)26)15-8-6-7-9-16(15)25(3)19(23)24(31-17,21(28)29-4)20(22)30-14(2)27/h6-9,17-20H,5,10-13H2,1-4H3/t17?,18-,19+,20-,22-,23+,24+/m0/s1. The third-order valence-electron chi connectivity index (χ3n) is 9.14. The molecular formula is C24H30N2O5. The van der Waals surface area contributed by atoms with E-state index in [1.807, 2.05) is 13.1 Å². The number of rotatable bonds is 3. The summed E-state index contributed by atoms with van der Waals surface area (Å²) >= 11 is 0. The highest BCUT2D eigenvalue weighted by Crippen LogP contribution is 2.72. The lowest BCUT2D eigenvalue weighted by atomic mass is 9.48. The molecule has 2 bridgehead atoms. The molecule has 1 aromatic rings. The van der Waals surface area contributed by atoms with Crippen molar-refractivity contribution in [2.75, 3.05) is 32.1 Å². The van der Waals surface area contributed by atoms with Gasteiger partial charge in [-0.2, -0.15) is 0 Å². The first-order valence-corrected chi connectivity index (χ1v) is 11.4. The zero-order valence-corrected chi connectivity index (χ0v) is 18.6. The molecule has 0 radical (unpaired) electrons. The summed E-state index contributed by atoms with van der Waals surface area (Å²) in [7, 11) is 3.45. The van der Waals surface area contributed by atoms with Gasteiger partial charge < -0.3 is 19.1 Å². The van der Waals surface area contributed by atoms with E-state index in [0.717, 1.165) is 38.0 Å². The van der Waals surface area contributed by atoms with Crippen molar-refractivity contribution >= 4 is 17.6 Å². The van der Waals surface area contributed by atoms with E-state index < -0.39 is 23.1 Å². The number of anilines is 1. The van der Waals surface area contributed by atoms with Gasteiger partial charge in [0.15, 0.2) is 6.10 Å². The Bertz CT molecular complexity index is 982. The normalized spacial score (nSPS) is 44.1. The number of likely N-dealkylation sites (N-methyl/N-ethyl adjacent to an activating group) is 1. The highest BCUT2D eigenvalue weighted by Gasteiger charge is 2.87. The molecule has 7 atom stereocenters. The van der Waals surface area contributed by atoms with Crippen molar-refractivity contribution in [2.24, 2.45) is 5.41 Å². The molecule has 1 spiro atoms. The molecule has 0 N–H and O–H groups in total. The van der Waals surface area contributed by atoms with Crippen LogP contribution in [0, 0.1) is 5.41 Å². The lowest BCUT2D eigenvalue weighted by Gasteiger charge is -2.60. The van der Waals surface area contributed by atoms with E-state index in [1.54, 1.807) is 0 Å². The van der Waals surface area contributed by atoms with Crippen LogP contribution in [0.5, 0.6) is 0 Å². The average Bonchev–Trinajstić information content (AvgIpc) is 3.37. The number of esters is 2. The van der Waals surface area contributed by atoms with Crippen LogP contribution in [0.25, 0.3) is 0 Å². The molecule has 4 aliphatic heterocycles. The molecule has 0 amide bonds. The van der Waals surface area contributed by atoms with E-state index in [9.17, 15) is 9.59 Å². The number of methoxy groups -OCH3 is 1. The van der Waals surface area contributed by atoms with E-state index in [2.05, 4.69) is 34.9 Å². The lowest BCUT2D eigenvalue weighted by Crippen LogP contribution is -2.78. The number of carbonyl (C=O) groups excluding carboxylic acids is 2. The first kappa shape index (κ1) is 19.6. The average molecular weight is 427 g/mol. The maximum absolute atomic E-state index is 13.7. The van der Waals surface area contributed by atoms with Crippen molar-refractivity contribution in [1.29, 1.82) is 0 Å². The molecule has 5 aliphatic rings. The number of carbonyl (C=O) groups is 2. The van der Waals surface area contributed by atoms with Crippen LogP contribution >= 0.6 is 0 Å². The Labute approximate surface area is 182 Å². The van der Waals surface area contributed by atoms with Crippen LogP contribution in [-0.4, -0.2) is 74.0 Å². The van der Waals surface area contributed by atoms with Crippen LogP contribution in [0.2, 0.25) is 0 Å². The molecule has 1 aliphatic carbocycles. The Morgan fingerprint density at radius 1 is 1.23 bits per heavy atom. The first-order valence-electron chi connectivity index (χ1n) is 11.4. The van der Waals surface area contributed by atoms with E-state index >= 15 is 0 Å². The van der Waals surface area contributed by atoms with E-state index in [-0.39, 0.29) is 29.6 Å². The summed E-state index contributed by atoms with van der Waals surface area (Å²) in [6, 6.07) is 8.33. The summed E-state index contributed by atoms with van der Waals surface area (Å²) in [6.45, 7) is 5.49. The molecule has 3 saturated heterocycles. The maximum atomic E-state index is 13.7. The molecule has 4 fully saturated rings. The Balaban J connectivity index is 1.71. The smallest absolute Gasteiger partial charge is 0.344 e. The summed E-state index contributed by atoms with van der Waals surface area (Å²) in [5, 5.41) is 0. The Morgan fingerprint density at radius 2 is 2.00 bits per heavy atom. The van der Waals surface area contributed by atoms with Crippen molar-refractivity contribution in [2.45, 2.75) is 68.4 Å². The monoisotopic (exact) mass is 426 g/mol. The molecule has 1 saturated carbocycles. The molecule has 0 aromatic heterocycles. The summed E-state index contributed by atoms with van der Waals surface area (Å²) in [5.41, 5.74) is 0.327. The predicted molar refractivity (Wildman–Crippen MR) is 113 cm³/mol. The summed E-state index contributed by atoms with van der Waals surface area (Å²) in [6.07, 6.45) is 1.72. The largest absolute Gasteiger partial charge is 0.467 e. The van der Waals surface area contributed by atoms with Crippen molar-refractivity contribution in [3.05, 3.63) is 29.8 Å². The van der Waals surface area contributed by atoms with Gasteiger partial charge in [0.05, 0.1) is 24.7 Å². The van der Waals surface area contributed by atoms with Gasteiger partial charge in [-0.1, -0.05) is 25.1 Å². The predicted octanol–water partition coefficient (Wildman–Crippen LogP) is 1.87. The molecule has 7 heteroatoms. The van der Waals surface area contributed by atoms with Gasteiger partial charge in [-0.15, -0.1) is 0 Å². The molecule has 7 nitrogen and oxygen atoms in total. The molecule has 4 heterocycles. The van der Waals surface area contributed by atoms with Gasteiger partial charge in [-0.25, -0.2) is 4.79 Å². The van der Waals surface area contributed by atoms with Crippen LogP contribution in [0.3, 0.4) is 0 Å². The number of nitrogens with zero attached hydrogens (tertiary/aromatic N) is 2. The third-order valence-corrected chi connectivity index (χ3v) is 9.14. The molecule has 1 unspecified atom stereocenters. The Hall–Kier alpha value is -2.12. The number of piperidine rings is 1. The van der Waals surface area contributed by atoms with Crippen LogP contribution in [-0.2, 0) is 29.2 Å².